The molecule has 0 radical (unpaired) electrons. The number of rotatable bonds is 12. The molecule has 10 heteroatoms. The molecule has 2 unspecified atom stereocenters. The van der Waals surface area contributed by atoms with Crippen molar-refractivity contribution in [3.63, 3.8) is 0 Å². The first kappa shape index (κ1) is 53.0. The average molecular weight is 709 g/mol. The summed E-state index contributed by atoms with van der Waals surface area (Å²) in [6, 6.07) is 17.5. The van der Waals surface area contributed by atoms with Gasteiger partial charge in [0.05, 0.1) is 0 Å². The molecule has 0 saturated carbocycles. The van der Waals surface area contributed by atoms with Crippen molar-refractivity contribution in [1.29, 1.82) is 0 Å². The van der Waals surface area contributed by atoms with Crippen molar-refractivity contribution >= 4 is 71.1 Å². The zero-order valence-electron chi connectivity index (χ0n) is 27.8. The molecule has 2 nitrogen and oxygen atoms in total. The molecule has 2 rings (SSSR count). The van der Waals surface area contributed by atoms with Gasteiger partial charge >= 0.3 is 59.1 Å². The number of benzene rings is 2. The molecule has 230 valence electrons. The van der Waals surface area contributed by atoms with Gasteiger partial charge in [-0.05, 0) is 73.9 Å². The molecule has 42 heavy (non-hydrogen) atoms. The Kier molecular flexibility index (Phi) is 42.7. The molecule has 0 saturated heterocycles. The summed E-state index contributed by atoms with van der Waals surface area (Å²) >= 11 is 17.5. The van der Waals surface area contributed by atoms with E-state index in [-0.39, 0.29) is 85.0 Å². The van der Waals surface area contributed by atoms with Crippen LogP contribution in [0.1, 0.15) is 102 Å². The number of thiocarbonyl (C=S) groups is 2. The number of alkyl halides is 1. The van der Waals surface area contributed by atoms with Crippen LogP contribution in [-0.2, 0) is 25.1 Å². The third kappa shape index (κ3) is 22.9. The van der Waals surface area contributed by atoms with Gasteiger partial charge in [-0.1, -0.05) is 114 Å². The summed E-state index contributed by atoms with van der Waals surface area (Å²) in [5.41, 5.74) is 8.01. The average Bonchev–Trinajstić information content (AvgIpc) is 2.97. The van der Waals surface area contributed by atoms with Crippen LogP contribution in [0.2, 0.25) is 0 Å². The van der Waals surface area contributed by atoms with Crippen molar-refractivity contribution < 1.29 is 71.5 Å². The van der Waals surface area contributed by atoms with Crippen LogP contribution in [0.4, 0.5) is 0 Å². The normalized spacial score (nSPS) is 10.6. The van der Waals surface area contributed by atoms with Gasteiger partial charge in [-0.2, -0.15) is 0 Å². The first-order valence-corrected chi connectivity index (χ1v) is 16.4. The number of nitrogens with zero attached hydrogens (tertiary/aromatic N) is 2. The zero-order chi connectivity index (χ0) is 28.9. The topological polar surface area (TPSA) is 6.48 Å². The van der Waals surface area contributed by atoms with E-state index in [0.29, 0.717) is 17.7 Å². The van der Waals surface area contributed by atoms with E-state index in [1.807, 2.05) is 4.90 Å². The summed E-state index contributed by atoms with van der Waals surface area (Å²) in [6.07, 6.45) is 2.39. The van der Waals surface area contributed by atoms with Crippen LogP contribution < -0.4 is 71.5 Å². The summed E-state index contributed by atoms with van der Waals surface area (Å²) in [4.78, 5) is 4.17. The Balaban J connectivity index is -0.000000172. The Hall–Kier alpha value is 1.50. The second kappa shape index (κ2) is 33.9. The molecular formula is C32H51Cl2N2Na2S4-. The van der Waals surface area contributed by atoms with Gasteiger partial charge in [0, 0.05) is 24.7 Å². The van der Waals surface area contributed by atoms with Crippen molar-refractivity contribution in [2.24, 2.45) is 0 Å². The minimum Gasteiger partial charge on any atom is -1.00 e. The van der Waals surface area contributed by atoms with E-state index in [4.69, 9.17) is 23.8 Å². The Bertz CT molecular complexity index is 883. The van der Waals surface area contributed by atoms with E-state index in [9.17, 15) is 0 Å². The van der Waals surface area contributed by atoms with Gasteiger partial charge in [0.1, 0.15) is 4.32 Å². The first-order chi connectivity index (χ1) is 18.2. The third-order valence-corrected chi connectivity index (χ3v) is 8.91. The quantitative estimate of drug-likeness (QED) is 0.0612. The van der Waals surface area contributed by atoms with Gasteiger partial charge in [-0.25, -0.2) is 0 Å². The van der Waals surface area contributed by atoms with E-state index in [2.05, 4.69) is 127 Å². The van der Waals surface area contributed by atoms with E-state index >= 15 is 0 Å². The molecule has 2 atom stereocenters. The maximum Gasteiger partial charge on any atom is 1.00 e. The van der Waals surface area contributed by atoms with Crippen LogP contribution in [0, 0.1) is 0 Å². The first-order valence-electron chi connectivity index (χ1n) is 14.0. The molecule has 0 heterocycles. The van der Waals surface area contributed by atoms with Gasteiger partial charge in [0.25, 0.3) is 0 Å². The second-order valence-electron chi connectivity index (χ2n) is 9.23. The van der Waals surface area contributed by atoms with E-state index in [0.717, 1.165) is 36.3 Å². The Morgan fingerprint density at radius 2 is 1.14 bits per heavy atom. The smallest absolute Gasteiger partial charge is 1.00 e. The minimum atomic E-state index is 0. The van der Waals surface area contributed by atoms with E-state index < -0.39 is 0 Å². The minimum absolute atomic E-state index is 0. The molecule has 0 spiro atoms. The van der Waals surface area contributed by atoms with Crippen LogP contribution in [0.25, 0.3) is 0 Å². The Labute approximate surface area is 337 Å². The van der Waals surface area contributed by atoms with Gasteiger partial charge in [-0.15, -0.1) is 11.6 Å². The summed E-state index contributed by atoms with van der Waals surface area (Å²) in [5.74, 6) is 2.89. The fourth-order valence-corrected chi connectivity index (χ4v) is 5.21. The molecule has 0 fully saturated rings. The molecule has 2 aromatic rings. The van der Waals surface area contributed by atoms with Crippen LogP contribution in [0.15, 0.2) is 48.5 Å². The van der Waals surface area contributed by atoms with Gasteiger partial charge in [0.15, 0.2) is 0 Å². The Morgan fingerprint density at radius 1 is 0.762 bits per heavy atom. The predicted molar refractivity (Wildman–Crippen MR) is 191 cm³/mol. The van der Waals surface area contributed by atoms with Crippen LogP contribution >= 0.6 is 47.8 Å². The number of halogens is 2. The van der Waals surface area contributed by atoms with Gasteiger partial charge in [-0.3, -0.25) is 0 Å². The summed E-state index contributed by atoms with van der Waals surface area (Å²) in [5, 5.41) is 0. The molecule has 0 bridgehead atoms. The van der Waals surface area contributed by atoms with Gasteiger partial charge < -0.3 is 53.4 Å². The maximum atomic E-state index is 5.69. The van der Waals surface area contributed by atoms with Crippen molar-refractivity contribution in [1.82, 2.24) is 9.80 Å². The number of thioether (sulfide) groups is 1. The molecule has 0 aliphatic heterocycles. The van der Waals surface area contributed by atoms with E-state index in [1.54, 1.807) is 11.8 Å². The molecule has 2 aromatic carbocycles. The van der Waals surface area contributed by atoms with Crippen molar-refractivity contribution in [3.8, 4) is 0 Å². The fraction of sp³-hybridized carbons (Fsp3) is 0.562. The zero-order valence-corrected chi connectivity index (χ0v) is 36.6. The molecule has 0 aliphatic carbocycles. The number of hydrogen-bond donors (Lipinski definition) is 0. The van der Waals surface area contributed by atoms with E-state index in [1.165, 1.54) is 35.1 Å². The van der Waals surface area contributed by atoms with Crippen molar-refractivity contribution in [2.45, 2.75) is 91.7 Å². The predicted octanol–water partition coefficient (Wildman–Crippen LogP) is 0.903. The largest absolute Gasteiger partial charge is 1.00 e. The summed E-state index contributed by atoms with van der Waals surface area (Å²) < 4.78 is 1.01. The third-order valence-electron chi connectivity index (χ3n) is 6.75. The maximum absolute atomic E-state index is 5.69. The monoisotopic (exact) mass is 707 g/mol. The second-order valence-corrected chi connectivity index (χ2v) is 11.3. The summed E-state index contributed by atoms with van der Waals surface area (Å²) in [7, 11) is 0. The van der Waals surface area contributed by atoms with Gasteiger partial charge in [0.2, 0.25) is 0 Å². The van der Waals surface area contributed by atoms with Crippen molar-refractivity contribution in [2.75, 3.05) is 26.2 Å². The fourth-order valence-electron chi connectivity index (χ4n) is 3.42. The summed E-state index contributed by atoms with van der Waals surface area (Å²) in [6.45, 7) is 21.3. The van der Waals surface area contributed by atoms with Crippen LogP contribution in [-0.4, -0.2) is 45.8 Å². The molecular weight excluding hydrogens is 658 g/mol. The molecule has 0 amide bonds. The molecule has 0 aliphatic rings. The molecule has 0 aromatic heterocycles. The number of thiol groups is 1. The molecule has 0 N–H and O–H groups in total. The van der Waals surface area contributed by atoms with Crippen LogP contribution in [0.5, 0.6) is 0 Å². The standard InChI is InChI=1S/C16H25NS2.C11H15Cl.C5H10NS.ClH.2Na.H2S/c1-5-13(4)15-10-8-14(9-11-15)12-19-16(18)17(6-2)7-3;1-3-9(2)11-6-4-10(8-12)5-7-11;1-3-6(4-2)5-7;;;;/h8-11,13H,5-7,12H2,1-4H3;4-7,9H,3,8H2,1-2H3;3-4H2,1-2H3;1H;;;1H2/q;;-1;;2*+1;/p-2. The van der Waals surface area contributed by atoms with Crippen molar-refractivity contribution in [3.05, 3.63) is 70.8 Å². The van der Waals surface area contributed by atoms with Crippen LogP contribution in [0.3, 0.4) is 0 Å². The number of hydrogen-bond acceptors (Lipinski definition) is 4. The SMILES string of the molecule is CCC(C)c1ccc(CCl)cc1.CCC(C)c1ccc(CSC(=S)N(CC)CC)cc1.CCN([C-]=S)CC.[Cl-].[Na+].[Na+].[SH-]. The Morgan fingerprint density at radius 3 is 1.40 bits per heavy atom.